The zero-order valence-corrected chi connectivity index (χ0v) is 18.6. The van der Waals surface area contributed by atoms with Crippen LogP contribution in [-0.4, -0.2) is 97.9 Å². The quantitative estimate of drug-likeness (QED) is 0.136. The Morgan fingerprint density at radius 2 is 1.81 bits per heavy atom. The molecule has 1 rings (SSSR count). The van der Waals surface area contributed by atoms with Crippen LogP contribution >= 0.6 is 11.8 Å². The van der Waals surface area contributed by atoms with Crippen molar-refractivity contribution < 1.29 is 34.5 Å². The van der Waals surface area contributed by atoms with Gasteiger partial charge in [0.1, 0.15) is 18.1 Å². The third kappa shape index (κ3) is 8.82. The fourth-order valence-electron chi connectivity index (χ4n) is 2.59. The van der Waals surface area contributed by atoms with Gasteiger partial charge in [-0.2, -0.15) is 11.8 Å². The molecule has 13 nitrogen and oxygen atoms in total. The number of aliphatic hydroxyl groups is 2. The predicted molar refractivity (Wildman–Crippen MR) is 115 cm³/mol. The van der Waals surface area contributed by atoms with E-state index in [1.54, 1.807) is 0 Å². The van der Waals surface area contributed by atoms with Crippen LogP contribution in [0, 0.1) is 0 Å². The number of imidazole rings is 1. The van der Waals surface area contributed by atoms with Crippen LogP contribution in [0.5, 0.6) is 0 Å². The summed E-state index contributed by atoms with van der Waals surface area (Å²) in [6.45, 7) is 0.443. The standard InChI is InChI=1S/C18H30N6O7S/c1-9(26)14(17(29)22-12(18(30)31)5-10-6-20-8-21-10)24-16(28)13(7-25)23-15(27)11(19)3-4-32-2/h6,8-9,11-14,25-26H,3-5,7,19H2,1-2H3,(H,20,21)(H,22,29)(H,23,27)(H,24,28)(H,30,31). The molecule has 1 aromatic heterocycles. The molecule has 0 aliphatic rings. The third-order valence-corrected chi connectivity index (χ3v) is 5.09. The van der Waals surface area contributed by atoms with Gasteiger partial charge in [-0.05, 0) is 25.4 Å². The molecule has 0 radical (unpaired) electrons. The molecule has 0 aliphatic carbocycles. The average Bonchev–Trinajstić information content (AvgIpc) is 3.25. The van der Waals surface area contributed by atoms with E-state index < -0.39 is 60.6 Å². The Morgan fingerprint density at radius 3 is 2.31 bits per heavy atom. The lowest BCUT2D eigenvalue weighted by atomic mass is 10.1. The number of carbonyl (C=O) groups excluding carboxylic acids is 3. The molecule has 1 heterocycles. The molecule has 0 aromatic carbocycles. The maximum absolute atomic E-state index is 12.6. The van der Waals surface area contributed by atoms with E-state index in [4.69, 9.17) is 5.73 Å². The Hall–Kier alpha value is -2.68. The van der Waals surface area contributed by atoms with Crippen LogP contribution in [-0.2, 0) is 25.6 Å². The van der Waals surface area contributed by atoms with Crippen LogP contribution in [0.25, 0.3) is 0 Å². The predicted octanol–water partition coefficient (Wildman–Crippen LogP) is -3.06. The molecule has 1 aromatic rings. The summed E-state index contributed by atoms with van der Waals surface area (Å²) in [4.78, 5) is 55.2. The van der Waals surface area contributed by atoms with Crippen molar-refractivity contribution in [2.24, 2.45) is 5.73 Å². The molecule has 14 heteroatoms. The van der Waals surface area contributed by atoms with Gasteiger partial charge in [0, 0.05) is 18.3 Å². The van der Waals surface area contributed by atoms with Gasteiger partial charge in [0.15, 0.2) is 0 Å². The zero-order chi connectivity index (χ0) is 24.3. The second-order valence-electron chi connectivity index (χ2n) is 7.04. The highest BCUT2D eigenvalue weighted by Gasteiger charge is 2.32. The fraction of sp³-hybridized carbons (Fsp3) is 0.611. The molecule has 0 saturated heterocycles. The smallest absolute Gasteiger partial charge is 0.326 e. The van der Waals surface area contributed by atoms with E-state index in [-0.39, 0.29) is 6.42 Å². The number of aliphatic carboxylic acids is 1. The number of carbonyl (C=O) groups is 4. The van der Waals surface area contributed by atoms with E-state index in [9.17, 15) is 34.5 Å². The molecular weight excluding hydrogens is 444 g/mol. The van der Waals surface area contributed by atoms with E-state index in [2.05, 4.69) is 25.9 Å². The molecule has 0 fully saturated rings. The molecule has 5 atom stereocenters. The minimum atomic E-state index is -1.54. The van der Waals surface area contributed by atoms with Crippen molar-refractivity contribution >= 4 is 35.5 Å². The minimum absolute atomic E-state index is 0.106. The first-order chi connectivity index (χ1) is 15.1. The topological polar surface area (TPSA) is 220 Å². The highest BCUT2D eigenvalue weighted by molar-refractivity contribution is 7.98. The summed E-state index contributed by atoms with van der Waals surface area (Å²) in [5, 5.41) is 35.6. The van der Waals surface area contributed by atoms with Crippen LogP contribution in [0.2, 0.25) is 0 Å². The summed E-state index contributed by atoms with van der Waals surface area (Å²) in [6, 6.07) is -5.21. The van der Waals surface area contributed by atoms with E-state index in [1.165, 1.54) is 31.2 Å². The number of nitrogens with two attached hydrogens (primary N) is 1. The number of aromatic amines is 1. The number of carboxylic acid groups (broad SMARTS) is 1. The van der Waals surface area contributed by atoms with Crippen molar-refractivity contribution in [3.05, 3.63) is 18.2 Å². The van der Waals surface area contributed by atoms with Gasteiger partial charge in [-0.3, -0.25) is 14.4 Å². The van der Waals surface area contributed by atoms with E-state index >= 15 is 0 Å². The van der Waals surface area contributed by atoms with Gasteiger partial charge in [0.2, 0.25) is 17.7 Å². The van der Waals surface area contributed by atoms with Crippen molar-refractivity contribution in [1.82, 2.24) is 25.9 Å². The summed E-state index contributed by atoms with van der Waals surface area (Å²) in [5.74, 6) is -3.27. The molecule has 32 heavy (non-hydrogen) atoms. The fourth-order valence-corrected chi connectivity index (χ4v) is 3.08. The maximum Gasteiger partial charge on any atom is 0.326 e. The summed E-state index contributed by atoms with van der Waals surface area (Å²) >= 11 is 1.49. The average molecular weight is 475 g/mol. The number of aromatic nitrogens is 2. The Kier molecular flexibility index (Phi) is 11.7. The lowest BCUT2D eigenvalue weighted by Gasteiger charge is -2.25. The van der Waals surface area contributed by atoms with Gasteiger partial charge < -0.3 is 42.0 Å². The molecule has 0 spiro atoms. The van der Waals surface area contributed by atoms with Crippen LogP contribution in [0.15, 0.2) is 12.5 Å². The Morgan fingerprint density at radius 1 is 1.16 bits per heavy atom. The molecule has 9 N–H and O–H groups in total. The molecule has 0 bridgehead atoms. The minimum Gasteiger partial charge on any atom is -0.480 e. The Balaban J connectivity index is 2.79. The molecule has 5 unspecified atom stereocenters. The lowest BCUT2D eigenvalue weighted by Crippen LogP contribution is -2.60. The summed E-state index contributed by atoms with van der Waals surface area (Å²) < 4.78 is 0. The maximum atomic E-state index is 12.6. The number of rotatable bonds is 14. The van der Waals surface area contributed by atoms with Crippen molar-refractivity contribution in [2.45, 2.75) is 50.0 Å². The monoisotopic (exact) mass is 474 g/mol. The number of hydrogen-bond acceptors (Lipinski definition) is 9. The number of thioether (sulfide) groups is 1. The number of nitrogens with zero attached hydrogens (tertiary/aromatic N) is 1. The summed E-state index contributed by atoms with van der Waals surface area (Å²) in [5.41, 5.74) is 6.19. The number of nitrogens with one attached hydrogen (secondary N) is 4. The molecule has 0 aliphatic heterocycles. The Bertz CT molecular complexity index is 761. The van der Waals surface area contributed by atoms with Gasteiger partial charge in [-0.1, -0.05) is 0 Å². The second kappa shape index (κ2) is 13.7. The number of amides is 3. The van der Waals surface area contributed by atoms with E-state index in [1.807, 2.05) is 6.26 Å². The SMILES string of the molecule is CSCCC(N)C(=O)NC(CO)C(=O)NC(C(=O)NC(Cc1cnc[nH]1)C(=O)O)C(C)O. The number of hydrogen-bond donors (Lipinski definition) is 8. The lowest BCUT2D eigenvalue weighted by molar-refractivity contribution is -0.143. The van der Waals surface area contributed by atoms with Gasteiger partial charge >= 0.3 is 5.97 Å². The first-order valence-electron chi connectivity index (χ1n) is 9.75. The second-order valence-corrected chi connectivity index (χ2v) is 8.02. The first-order valence-corrected chi connectivity index (χ1v) is 11.1. The van der Waals surface area contributed by atoms with Crippen molar-refractivity contribution in [2.75, 3.05) is 18.6 Å². The van der Waals surface area contributed by atoms with Gasteiger partial charge in [0.05, 0.1) is 25.1 Å². The molecule has 3 amide bonds. The van der Waals surface area contributed by atoms with Crippen LogP contribution in [0.4, 0.5) is 0 Å². The number of carboxylic acids is 1. The van der Waals surface area contributed by atoms with Crippen molar-refractivity contribution in [3.8, 4) is 0 Å². The van der Waals surface area contributed by atoms with E-state index in [0.717, 1.165) is 0 Å². The van der Waals surface area contributed by atoms with Crippen molar-refractivity contribution in [1.29, 1.82) is 0 Å². The largest absolute Gasteiger partial charge is 0.480 e. The van der Waals surface area contributed by atoms with Crippen LogP contribution in [0.3, 0.4) is 0 Å². The van der Waals surface area contributed by atoms with Gasteiger partial charge in [-0.25, -0.2) is 9.78 Å². The van der Waals surface area contributed by atoms with E-state index in [0.29, 0.717) is 17.9 Å². The normalized spacial score (nSPS) is 15.7. The summed E-state index contributed by atoms with van der Waals surface area (Å²) in [6.07, 6.45) is 3.45. The highest BCUT2D eigenvalue weighted by Crippen LogP contribution is 2.03. The van der Waals surface area contributed by atoms with Crippen LogP contribution < -0.4 is 21.7 Å². The molecule has 0 saturated carbocycles. The van der Waals surface area contributed by atoms with Crippen molar-refractivity contribution in [3.63, 3.8) is 0 Å². The number of aliphatic hydroxyl groups excluding tert-OH is 2. The highest BCUT2D eigenvalue weighted by atomic mass is 32.2. The summed E-state index contributed by atoms with van der Waals surface area (Å²) in [7, 11) is 0. The number of H-pyrrole nitrogens is 1. The van der Waals surface area contributed by atoms with Crippen LogP contribution in [0.1, 0.15) is 19.0 Å². The molecular formula is C18H30N6O7S. The van der Waals surface area contributed by atoms with Gasteiger partial charge in [-0.15, -0.1) is 0 Å². The Labute approximate surface area is 188 Å². The molecule has 180 valence electrons. The third-order valence-electron chi connectivity index (χ3n) is 4.44. The van der Waals surface area contributed by atoms with Gasteiger partial charge in [0.25, 0.3) is 0 Å². The first kappa shape index (κ1) is 27.4. The zero-order valence-electron chi connectivity index (χ0n) is 17.8.